The zero-order valence-corrected chi connectivity index (χ0v) is 14.4. The van der Waals surface area contributed by atoms with Gasteiger partial charge in [0.15, 0.2) is 4.32 Å². The molecule has 1 heterocycles. The number of thiocarbonyl (C=S) groups is 1. The molecule has 116 valence electrons. The van der Waals surface area contributed by atoms with E-state index in [1.807, 2.05) is 38.1 Å². The van der Waals surface area contributed by atoms with Gasteiger partial charge in [-0.3, -0.25) is 9.69 Å². The van der Waals surface area contributed by atoms with Crippen LogP contribution in [0.25, 0.3) is 6.08 Å². The highest BCUT2D eigenvalue weighted by atomic mass is 32.2. The third-order valence-electron chi connectivity index (χ3n) is 3.78. The fourth-order valence-electron chi connectivity index (χ4n) is 2.42. The van der Waals surface area contributed by atoms with E-state index >= 15 is 0 Å². The number of nitrogens with zero attached hydrogens (tertiary/aromatic N) is 1. The Bertz CT molecular complexity index is 843. The number of thioether (sulfide) groups is 1. The minimum atomic E-state index is -0.128. The molecule has 0 aliphatic carbocycles. The molecule has 1 aliphatic heterocycles. The first kappa shape index (κ1) is 15.8. The third kappa shape index (κ3) is 3.02. The van der Waals surface area contributed by atoms with Crippen LogP contribution in [0, 0.1) is 13.8 Å². The summed E-state index contributed by atoms with van der Waals surface area (Å²) in [5, 5.41) is 9.54. The largest absolute Gasteiger partial charge is 0.508 e. The monoisotopic (exact) mass is 341 g/mol. The molecule has 0 atom stereocenters. The van der Waals surface area contributed by atoms with Gasteiger partial charge in [0.1, 0.15) is 5.75 Å². The SMILES string of the molecule is Cc1cccc(N2C(=O)/C(=C/c3cccc(O)c3)SC2=S)c1C. The van der Waals surface area contributed by atoms with Gasteiger partial charge in [0.05, 0.1) is 10.6 Å². The van der Waals surface area contributed by atoms with E-state index in [9.17, 15) is 9.90 Å². The summed E-state index contributed by atoms with van der Waals surface area (Å²) in [6, 6.07) is 12.6. The van der Waals surface area contributed by atoms with Gasteiger partial charge in [0.2, 0.25) is 0 Å². The molecule has 1 N–H and O–H groups in total. The van der Waals surface area contributed by atoms with Crippen LogP contribution in [0.5, 0.6) is 5.75 Å². The predicted octanol–water partition coefficient (Wildman–Crippen LogP) is 4.41. The number of aromatic hydroxyl groups is 1. The minimum absolute atomic E-state index is 0.128. The fourth-order valence-corrected chi connectivity index (χ4v) is 3.70. The van der Waals surface area contributed by atoms with Crippen LogP contribution in [-0.2, 0) is 4.79 Å². The summed E-state index contributed by atoms with van der Waals surface area (Å²) in [6.07, 6.45) is 1.75. The Morgan fingerprint density at radius 1 is 1.17 bits per heavy atom. The second-order valence-corrected chi connectivity index (χ2v) is 7.01. The second kappa shape index (κ2) is 6.18. The van der Waals surface area contributed by atoms with Crippen molar-refractivity contribution in [2.75, 3.05) is 4.90 Å². The van der Waals surface area contributed by atoms with Crippen molar-refractivity contribution in [1.29, 1.82) is 0 Å². The molecule has 3 rings (SSSR count). The quantitative estimate of drug-likeness (QED) is 0.649. The molecule has 0 bridgehead atoms. The van der Waals surface area contributed by atoms with E-state index in [2.05, 4.69) is 0 Å². The first-order valence-electron chi connectivity index (χ1n) is 7.10. The average molecular weight is 341 g/mol. The lowest BCUT2D eigenvalue weighted by atomic mass is 10.1. The lowest BCUT2D eigenvalue weighted by molar-refractivity contribution is -0.113. The number of anilines is 1. The van der Waals surface area contributed by atoms with Gasteiger partial charge in [-0.1, -0.05) is 48.2 Å². The normalized spacial score (nSPS) is 16.4. The number of carbonyl (C=O) groups excluding carboxylic acids is 1. The van der Waals surface area contributed by atoms with Crippen molar-refractivity contribution in [3.63, 3.8) is 0 Å². The number of rotatable bonds is 2. The first-order chi connectivity index (χ1) is 11.0. The van der Waals surface area contributed by atoms with E-state index < -0.39 is 0 Å². The Balaban J connectivity index is 1.99. The first-order valence-corrected chi connectivity index (χ1v) is 8.33. The fraction of sp³-hybridized carbons (Fsp3) is 0.111. The number of benzene rings is 2. The zero-order chi connectivity index (χ0) is 16.6. The summed E-state index contributed by atoms with van der Waals surface area (Å²) in [5.41, 5.74) is 3.76. The number of phenols is 1. The number of amides is 1. The number of hydrogen-bond donors (Lipinski definition) is 1. The number of phenolic OH excluding ortho intramolecular Hbond substituents is 1. The van der Waals surface area contributed by atoms with Gasteiger partial charge in [0.25, 0.3) is 5.91 Å². The highest BCUT2D eigenvalue weighted by molar-refractivity contribution is 8.27. The maximum atomic E-state index is 12.8. The van der Waals surface area contributed by atoms with Crippen LogP contribution in [0.15, 0.2) is 47.4 Å². The lowest BCUT2D eigenvalue weighted by Gasteiger charge is -2.18. The molecule has 0 saturated carbocycles. The number of aryl methyl sites for hydroxylation is 1. The van der Waals surface area contributed by atoms with Crippen LogP contribution < -0.4 is 4.90 Å². The van der Waals surface area contributed by atoms with Crippen molar-refractivity contribution in [3.05, 3.63) is 64.1 Å². The van der Waals surface area contributed by atoms with Crippen LogP contribution in [0.3, 0.4) is 0 Å². The molecule has 0 aromatic heterocycles. The smallest absolute Gasteiger partial charge is 0.270 e. The van der Waals surface area contributed by atoms with Gasteiger partial charge in [-0.2, -0.15) is 0 Å². The van der Waals surface area contributed by atoms with Crippen molar-refractivity contribution in [1.82, 2.24) is 0 Å². The van der Waals surface area contributed by atoms with E-state index in [1.54, 1.807) is 29.2 Å². The van der Waals surface area contributed by atoms with Crippen LogP contribution in [0.2, 0.25) is 0 Å². The van der Waals surface area contributed by atoms with Crippen molar-refractivity contribution < 1.29 is 9.90 Å². The molecule has 0 unspecified atom stereocenters. The summed E-state index contributed by atoms with van der Waals surface area (Å²) in [4.78, 5) is 14.9. The van der Waals surface area contributed by atoms with Gasteiger partial charge in [-0.15, -0.1) is 0 Å². The number of hydrogen-bond acceptors (Lipinski definition) is 4. The molecular formula is C18H15NO2S2. The van der Waals surface area contributed by atoms with Crippen molar-refractivity contribution in [3.8, 4) is 5.75 Å². The maximum Gasteiger partial charge on any atom is 0.270 e. The van der Waals surface area contributed by atoms with Gasteiger partial charge in [-0.05, 0) is 54.8 Å². The summed E-state index contributed by atoms with van der Waals surface area (Å²) in [5.74, 6) is 0.0424. The predicted molar refractivity (Wildman–Crippen MR) is 99.7 cm³/mol. The third-order valence-corrected chi connectivity index (χ3v) is 5.08. The van der Waals surface area contributed by atoms with E-state index in [4.69, 9.17) is 12.2 Å². The Morgan fingerprint density at radius 3 is 2.65 bits per heavy atom. The molecule has 2 aromatic carbocycles. The summed E-state index contributed by atoms with van der Waals surface area (Å²) in [6.45, 7) is 4.00. The summed E-state index contributed by atoms with van der Waals surface area (Å²) < 4.78 is 0.523. The molecule has 0 radical (unpaired) electrons. The molecular weight excluding hydrogens is 326 g/mol. The van der Waals surface area contributed by atoms with Crippen molar-refractivity contribution in [2.45, 2.75) is 13.8 Å². The summed E-state index contributed by atoms with van der Waals surface area (Å²) >= 11 is 6.68. The van der Waals surface area contributed by atoms with E-state index in [-0.39, 0.29) is 11.7 Å². The molecule has 23 heavy (non-hydrogen) atoms. The van der Waals surface area contributed by atoms with Gasteiger partial charge in [-0.25, -0.2) is 0 Å². The Labute approximate surface area is 144 Å². The highest BCUT2D eigenvalue weighted by Gasteiger charge is 2.34. The summed E-state index contributed by atoms with van der Waals surface area (Å²) in [7, 11) is 0. The van der Waals surface area contributed by atoms with Crippen LogP contribution in [-0.4, -0.2) is 15.3 Å². The average Bonchev–Trinajstić information content (AvgIpc) is 2.77. The van der Waals surface area contributed by atoms with Gasteiger partial charge < -0.3 is 5.11 Å². The van der Waals surface area contributed by atoms with Crippen LogP contribution in [0.1, 0.15) is 16.7 Å². The van der Waals surface area contributed by atoms with E-state index in [0.717, 1.165) is 22.4 Å². The van der Waals surface area contributed by atoms with Crippen LogP contribution in [0.4, 0.5) is 5.69 Å². The van der Waals surface area contributed by atoms with Gasteiger partial charge >= 0.3 is 0 Å². The molecule has 1 fully saturated rings. The molecule has 1 amide bonds. The molecule has 2 aromatic rings. The lowest BCUT2D eigenvalue weighted by Crippen LogP contribution is -2.28. The van der Waals surface area contributed by atoms with Crippen LogP contribution >= 0.6 is 24.0 Å². The number of carbonyl (C=O) groups is 1. The Morgan fingerprint density at radius 2 is 1.91 bits per heavy atom. The molecule has 1 saturated heterocycles. The highest BCUT2D eigenvalue weighted by Crippen LogP contribution is 2.37. The van der Waals surface area contributed by atoms with Gasteiger partial charge in [0, 0.05) is 0 Å². The van der Waals surface area contributed by atoms with Crippen molar-refractivity contribution >= 4 is 46.0 Å². The van der Waals surface area contributed by atoms with E-state index in [1.165, 1.54) is 11.8 Å². The zero-order valence-electron chi connectivity index (χ0n) is 12.7. The second-order valence-electron chi connectivity index (χ2n) is 5.33. The topological polar surface area (TPSA) is 40.5 Å². The minimum Gasteiger partial charge on any atom is -0.508 e. The molecule has 1 aliphatic rings. The van der Waals surface area contributed by atoms with Crippen molar-refractivity contribution in [2.24, 2.45) is 0 Å². The Hall–Kier alpha value is -2.11. The van der Waals surface area contributed by atoms with E-state index in [0.29, 0.717) is 9.23 Å². The molecule has 0 spiro atoms. The maximum absolute atomic E-state index is 12.8. The standard InChI is InChI=1S/C18H15NO2S2/c1-11-5-3-8-15(12(11)2)19-17(21)16(23-18(19)22)10-13-6-4-7-14(20)9-13/h3-10,20H,1-2H3/b16-10-. The molecule has 3 nitrogen and oxygen atoms in total. The Kier molecular flexibility index (Phi) is 4.24. The molecule has 5 heteroatoms.